The van der Waals surface area contributed by atoms with Crippen LogP contribution in [0.3, 0.4) is 0 Å². The summed E-state index contributed by atoms with van der Waals surface area (Å²) >= 11 is 0. The highest BCUT2D eigenvalue weighted by molar-refractivity contribution is 5.84. The molecule has 0 bridgehead atoms. The second-order valence-corrected chi connectivity index (χ2v) is 4.70. The van der Waals surface area contributed by atoms with Crippen LogP contribution in [0.4, 0.5) is 0 Å². The predicted molar refractivity (Wildman–Crippen MR) is 69.2 cm³/mol. The third kappa shape index (κ3) is 2.26. The van der Waals surface area contributed by atoms with Crippen molar-refractivity contribution in [1.29, 1.82) is 0 Å². The van der Waals surface area contributed by atoms with Crippen LogP contribution in [0.2, 0.25) is 0 Å². The number of hydrogen-bond donors (Lipinski definition) is 0. The van der Waals surface area contributed by atoms with E-state index in [0.29, 0.717) is 6.10 Å². The van der Waals surface area contributed by atoms with Crippen LogP contribution in [0.1, 0.15) is 32.1 Å². The molecule has 0 N–H and O–H groups in total. The van der Waals surface area contributed by atoms with E-state index in [9.17, 15) is 0 Å². The molecular weight excluding hydrogens is 210 g/mol. The Labute approximate surface area is 102 Å². The van der Waals surface area contributed by atoms with Crippen LogP contribution < -0.4 is 4.74 Å². The van der Waals surface area contributed by atoms with Gasteiger partial charge in [-0.3, -0.25) is 4.98 Å². The van der Waals surface area contributed by atoms with E-state index in [1.54, 1.807) is 0 Å². The second-order valence-electron chi connectivity index (χ2n) is 4.70. The van der Waals surface area contributed by atoms with E-state index >= 15 is 0 Å². The van der Waals surface area contributed by atoms with Crippen LogP contribution in [0.5, 0.6) is 5.75 Å². The molecule has 0 radical (unpaired) electrons. The van der Waals surface area contributed by atoms with Crippen LogP contribution in [0.15, 0.2) is 36.5 Å². The molecule has 17 heavy (non-hydrogen) atoms. The smallest absolute Gasteiger partial charge is 0.129 e. The summed E-state index contributed by atoms with van der Waals surface area (Å²) in [7, 11) is 0. The van der Waals surface area contributed by atoms with Crippen LogP contribution in [-0.2, 0) is 0 Å². The molecule has 2 aromatic rings. The maximum absolute atomic E-state index is 6.13. The Kier molecular flexibility index (Phi) is 2.95. The third-order valence-electron chi connectivity index (χ3n) is 3.45. The molecule has 1 aromatic carbocycles. The summed E-state index contributed by atoms with van der Waals surface area (Å²) in [5, 5.41) is 1.13. The minimum Gasteiger partial charge on any atom is -0.490 e. The largest absolute Gasteiger partial charge is 0.490 e. The number of nitrogens with zero attached hydrogens (tertiary/aromatic N) is 1. The highest BCUT2D eigenvalue weighted by Crippen LogP contribution is 2.28. The quantitative estimate of drug-likeness (QED) is 0.775. The average molecular weight is 227 g/mol. The summed E-state index contributed by atoms with van der Waals surface area (Å²) in [5.74, 6) is 0.988. The van der Waals surface area contributed by atoms with E-state index in [4.69, 9.17) is 4.74 Å². The summed E-state index contributed by atoms with van der Waals surface area (Å²) in [5.41, 5.74) is 1.01. The minimum atomic E-state index is 0.398. The third-order valence-corrected chi connectivity index (χ3v) is 3.45. The normalized spacial score (nSPS) is 17.2. The monoisotopic (exact) mass is 227 g/mol. The van der Waals surface area contributed by atoms with Gasteiger partial charge in [-0.05, 0) is 49.9 Å². The van der Waals surface area contributed by atoms with E-state index in [-0.39, 0.29) is 0 Å². The first kappa shape index (κ1) is 10.6. The van der Waals surface area contributed by atoms with Crippen molar-refractivity contribution in [3.05, 3.63) is 36.5 Å². The summed E-state index contributed by atoms with van der Waals surface area (Å²) in [4.78, 5) is 4.35. The Morgan fingerprint density at radius 3 is 2.76 bits per heavy atom. The van der Waals surface area contributed by atoms with E-state index in [2.05, 4.69) is 17.1 Å². The Morgan fingerprint density at radius 1 is 1.00 bits per heavy atom. The lowest BCUT2D eigenvalue weighted by Gasteiger charge is -2.23. The van der Waals surface area contributed by atoms with Crippen molar-refractivity contribution < 1.29 is 4.74 Å². The van der Waals surface area contributed by atoms with Crippen molar-refractivity contribution in [3.8, 4) is 5.75 Å². The van der Waals surface area contributed by atoms with Gasteiger partial charge in [0.1, 0.15) is 5.75 Å². The molecule has 0 amide bonds. The Hall–Kier alpha value is -1.57. The average Bonchev–Trinajstić information content (AvgIpc) is 2.40. The van der Waals surface area contributed by atoms with Crippen molar-refractivity contribution in [2.24, 2.45) is 0 Å². The number of hydrogen-bond acceptors (Lipinski definition) is 2. The van der Waals surface area contributed by atoms with Gasteiger partial charge in [-0.25, -0.2) is 0 Å². The van der Waals surface area contributed by atoms with Crippen LogP contribution in [0, 0.1) is 0 Å². The fourth-order valence-electron chi connectivity index (χ4n) is 2.54. The van der Waals surface area contributed by atoms with Crippen molar-refractivity contribution in [2.75, 3.05) is 0 Å². The van der Waals surface area contributed by atoms with Gasteiger partial charge in [0.2, 0.25) is 0 Å². The molecule has 0 saturated heterocycles. The number of ether oxygens (including phenoxy) is 1. The minimum absolute atomic E-state index is 0.398. The first-order valence-corrected chi connectivity index (χ1v) is 6.44. The Bertz CT molecular complexity index is 498. The molecule has 0 atom stereocenters. The van der Waals surface area contributed by atoms with E-state index in [1.807, 2.05) is 24.4 Å². The maximum Gasteiger partial charge on any atom is 0.129 e. The fraction of sp³-hybridized carbons (Fsp3) is 0.400. The molecule has 1 fully saturated rings. The number of benzene rings is 1. The highest BCUT2D eigenvalue weighted by atomic mass is 16.5. The summed E-state index contributed by atoms with van der Waals surface area (Å²) in [6, 6.07) is 10.2. The van der Waals surface area contributed by atoms with Gasteiger partial charge in [-0.2, -0.15) is 0 Å². The second kappa shape index (κ2) is 4.74. The van der Waals surface area contributed by atoms with E-state index < -0.39 is 0 Å². The molecule has 0 spiro atoms. The van der Waals surface area contributed by atoms with Gasteiger partial charge in [0.05, 0.1) is 11.6 Å². The van der Waals surface area contributed by atoms with Gasteiger partial charge in [0.25, 0.3) is 0 Å². The summed E-state index contributed by atoms with van der Waals surface area (Å²) < 4.78 is 6.13. The number of pyridine rings is 1. The van der Waals surface area contributed by atoms with Crippen molar-refractivity contribution >= 4 is 10.9 Å². The van der Waals surface area contributed by atoms with Crippen molar-refractivity contribution in [3.63, 3.8) is 0 Å². The molecule has 1 saturated carbocycles. The van der Waals surface area contributed by atoms with Gasteiger partial charge in [0.15, 0.2) is 0 Å². The summed E-state index contributed by atoms with van der Waals surface area (Å²) in [6.07, 6.45) is 8.56. The molecule has 1 aliphatic rings. The van der Waals surface area contributed by atoms with Crippen LogP contribution in [0.25, 0.3) is 10.9 Å². The molecule has 88 valence electrons. The fourth-order valence-corrected chi connectivity index (χ4v) is 2.54. The predicted octanol–water partition coefficient (Wildman–Crippen LogP) is 3.95. The zero-order valence-electron chi connectivity index (χ0n) is 9.93. The molecule has 2 nitrogen and oxygen atoms in total. The molecule has 2 heteroatoms. The van der Waals surface area contributed by atoms with Crippen LogP contribution in [-0.4, -0.2) is 11.1 Å². The van der Waals surface area contributed by atoms with Gasteiger partial charge in [-0.15, -0.1) is 0 Å². The topological polar surface area (TPSA) is 22.1 Å². The number of aromatic nitrogens is 1. The molecule has 1 aromatic heterocycles. The number of rotatable bonds is 2. The maximum atomic E-state index is 6.13. The molecule has 1 aliphatic carbocycles. The first-order chi connectivity index (χ1) is 8.43. The zero-order valence-corrected chi connectivity index (χ0v) is 9.93. The first-order valence-electron chi connectivity index (χ1n) is 6.44. The van der Waals surface area contributed by atoms with Gasteiger partial charge in [-0.1, -0.05) is 12.5 Å². The highest BCUT2D eigenvalue weighted by Gasteiger charge is 2.15. The lowest BCUT2D eigenvalue weighted by molar-refractivity contribution is 0.157. The summed E-state index contributed by atoms with van der Waals surface area (Å²) in [6.45, 7) is 0. The Balaban J connectivity index is 1.89. The van der Waals surface area contributed by atoms with E-state index in [0.717, 1.165) is 16.7 Å². The lowest BCUT2D eigenvalue weighted by Crippen LogP contribution is -2.19. The Morgan fingerprint density at radius 2 is 1.88 bits per heavy atom. The standard InChI is InChI=1S/C15H17NO/c1-2-6-12(7-3-1)17-15-10-4-9-14-13(15)8-5-11-16-14/h4-5,8-12H,1-3,6-7H2. The SMILES string of the molecule is c1cc(OC2CCCCC2)c2cccnc2c1. The zero-order chi connectivity index (χ0) is 11.5. The van der Waals surface area contributed by atoms with Crippen molar-refractivity contribution in [2.45, 2.75) is 38.2 Å². The van der Waals surface area contributed by atoms with Crippen molar-refractivity contribution in [1.82, 2.24) is 4.98 Å². The number of fused-ring (bicyclic) bond motifs is 1. The van der Waals surface area contributed by atoms with E-state index in [1.165, 1.54) is 32.1 Å². The molecular formula is C15H17NO. The lowest BCUT2D eigenvalue weighted by atomic mass is 9.98. The van der Waals surface area contributed by atoms with Crippen LogP contribution >= 0.6 is 0 Å². The van der Waals surface area contributed by atoms with Gasteiger partial charge < -0.3 is 4.74 Å². The molecule has 1 heterocycles. The molecule has 0 unspecified atom stereocenters. The van der Waals surface area contributed by atoms with Gasteiger partial charge in [0, 0.05) is 11.6 Å². The van der Waals surface area contributed by atoms with Gasteiger partial charge >= 0.3 is 0 Å². The molecule has 3 rings (SSSR count). The molecule has 0 aliphatic heterocycles.